The van der Waals surface area contributed by atoms with E-state index in [0.717, 1.165) is 11.9 Å². The summed E-state index contributed by atoms with van der Waals surface area (Å²) in [5.41, 5.74) is 3.54. The molecule has 2 amide bonds. The fraction of sp³-hybridized carbons (Fsp3) is 0.333. The van der Waals surface area contributed by atoms with Gasteiger partial charge in [0.05, 0.1) is 6.61 Å². The Bertz CT molecular complexity index is 779. The predicted molar refractivity (Wildman–Crippen MR) is 92.5 cm³/mol. The van der Waals surface area contributed by atoms with Crippen LogP contribution in [0.15, 0.2) is 36.5 Å². The molecule has 1 aromatic heterocycles. The largest absolute Gasteiger partial charge is 0.465 e. The van der Waals surface area contributed by atoms with Gasteiger partial charge < -0.3 is 19.9 Å². The van der Waals surface area contributed by atoms with Gasteiger partial charge in [-0.1, -0.05) is 24.3 Å². The van der Waals surface area contributed by atoms with E-state index in [0.29, 0.717) is 19.7 Å². The van der Waals surface area contributed by atoms with Gasteiger partial charge in [0.1, 0.15) is 6.54 Å². The van der Waals surface area contributed by atoms with Crippen LogP contribution in [-0.4, -0.2) is 48.1 Å². The lowest BCUT2D eigenvalue weighted by atomic mass is 9.99. The molecule has 0 saturated carbocycles. The Morgan fingerprint density at radius 1 is 1.33 bits per heavy atom. The fourth-order valence-corrected chi connectivity index (χ4v) is 2.91. The molecule has 0 aliphatic carbocycles. The summed E-state index contributed by atoms with van der Waals surface area (Å²) in [4.78, 5) is 28.3. The molecule has 0 spiro atoms. The molecule has 126 valence electrons. The molecule has 2 heterocycles. The molecule has 0 atom stereocenters. The van der Waals surface area contributed by atoms with E-state index >= 15 is 0 Å². The van der Waals surface area contributed by atoms with Crippen molar-refractivity contribution in [2.45, 2.75) is 13.3 Å². The number of para-hydroxylation sites is 1. The average molecular weight is 327 g/mol. The maximum absolute atomic E-state index is 12.1. The number of benzene rings is 1. The quantitative estimate of drug-likeness (QED) is 0.848. The van der Waals surface area contributed by atoms with Crippen LogP contribution < -0.4 is 5.32 Å². The highest BCUT2D eigenvalue weighted by Gasteiger charge is 2.19. The van der Waals surface area contributed by atoms with E-state index in [-0.39, 0.29) is 12.6 Å². The second-order valence-corrected chi connectivity index (χ2v) is 5.64. The van der Waals surface area contributed by atoms with Crippen LogP contribution in [-0.2, 0) is 9.53 Å². The Kier molecular flexibility index (Phi) is 4.84. The van der Waals surface area contributed by atoms with Crippen molar-refractivity contribution >= 4 is 28.5 Å². The molecule has 0 saturated heterocycles. The predicted octanol–water partition coefficient (Wildman–Crippen LogP) is 2.53. The maximum Gasteiger partial charge on any atom is 0.325 e. The van der Waals surface area contributed by atoms with Crippen molar-refractivity contribution in [3.63, 3.8) is 0 Å². The normalized spacial score (nSPS) is 14.4. The monoisotopic (exact) mass is 327 g/mol. The molecule has 0 fully saturated rings. The zero-order valence-corrected chi connectivity index (χ0v) is 13.7. The molecule has 1 aromatic carbocycles. The number of nitrogens with one attached hydrogen (secondary N) is 2. The summed E-state index contributed by atoms with van der Waals surface area (Å²) < 4.78 is 4.80. The second kappa shape index (κ2) is 7.21. The molecule has 0 unspecified atom stereocenters. The number of esters is 1. The summed E-state index contributed by atoms with van der Waals surface area (Å²) in [7, 11) is 0. The number of nitrogens with zero attached hydrogens (tertiary/aromatic N) is 1. The van der Waals surface area contributed by atoms with Crippen molar-refractivity contribution in [1.29, 1.82) is 0 Å². The number of aromatic amines is 1. The summed E-state index contributed by atoms with van der Waals surface area (Å²) in [5, 5.41) is 3.79. The highest BCUT2D eigenvalue weighted by atomic mass is 16.5. The lowest BCUT2D eigenvalue weighted by Crippen LogP contribution is -2.44. The van der Waals surface area contributed by atoms with Gasteiger partial charge in [0, 0.05) is 35.8 Å². The number of amides is 2. The smallest absolute Gasteiger partial charge is 0.325 e. The fourth-order valence-electron chi connectivity index (χ4n) is 2.91. The van der Waals surface area contributed by atoms with E-state index in [4.69, 9.17) is 4.74 Å². The standard InChI is InChI=1S/C18H21N3O3/c1-2-24-17(22)12-20-18(23)21-9-7-13(8-10-21)15-11-19-16-6-4-3-5-14(15)16/h3-7,11,19H,2,8-10,12H2,1H3,(H,20,23). The van der Waals surface area contributed by atoms with Crippen LogP contribution in [0.25, 0.3) is 16.5 Å². The van der Waals surface area contributed by atoms with Crippen LogP contribution in [0.4, 0.5) is 4.79 Å². The van der Waals surface area contributed by atoms with Gasteiger partial charge in [0.25, 0.3) is 0 Å². The lowest BCUT2D eigenvalue weighted by molar-refractivity contribution is -0.141. The second-order valence-electron chi connectivity index (χ2n) is 5.64. The van der Waals surface area contributed by atoms with Gasteiger partial charge in [0.2, 0.25) is 0 Å². The van der Waals surface area contributed by atoms with Crippen molar-refractivity contribution in [3.05, 3.63) is 42.1 Å². The number of hydrogen-bond acceptors (Lipinski definition) is 3. The first-order valence-electron chi connectivity index (χ1n) is 8.13. The molecule has 6 nitrogen and oxygen atoms in total. The van der Waals surface area contributed by atoms with E-state index < -0.39 is 5.97 Å². The number of rotatable bonds is 4. The molecule has 6 heteroatoms. The minimum Gasteiger partial charge on any atom is -0.465 e. The van der Waals surface area contributed by atoms with Gasteiger partial charge in [0.15, 0.2) is 0 Å². The minimum atomic E-state index is -0.419. The number of aromatic nitrogens is 1. The third-order valence-corrected chi connectivity index (χ3v) is 4.12. The summed E-state index contributed by atoms with van der Waals surface area (Å²) in [6.45, 7) is 3.11. The van der Waals surface area contributed by atoms with Crippen molar-refractivity contribution in [3.8, 4) is 0 Å². The van der Waals surface area contributed by atoms with Crippen molar-refractivity contribution < 1.29 is 14.3 Å². The number of hydrogen-bond donors (Lipinski definition) is 2. The van der Waals surface area contributed by atoms with E-state index in [2.05, 4.69) is 28.5 Å². The molecule has 0 bridgehead atoms. The number of H-pyrrole nitrogens is 1. The topological polar surface area (TPSA) is 74.4 Å². The molecule has 2 N–H and O–H groups in total. The van der Waals surface area contributed by atoms with E-state index in [1.54, 1.807) is 11.8 Å². The first kappa shape index (κ1) is 16.1. The summed E-state index contributed by atoms with van der Waals surface area (Å²) >= 11 is 0. The summed E-state index contributed by atoms with van der Waals surface area (Å²) in [6.07, 6.45) is 4.88. The van der Waals surface area contributed by atoms with Gasteiger partial charge in [-0.3, -0.25) is 4.79 Å². The Balaban J connectivity index is 1.62. The van der Waals surface area contributed by atoms with Crippen LogP contribution >= 0.6 is 0 Å². The first-order chi connectivity index (χ1) is 11.7. The minimum absolute atomic E-state index is 0.0950. The van der Waals surface area contributed by atoms with E-state index in [9.17, 15) is 9.59 Å². The van der Waals surface area contributed by atoms with E-state index in [1.165, 1.54) is 16.5 Å². The molecule has 3 rings (SSSR count). The third kappa shape index (κ3) is 3.42. The molecule has 1 aliphatic heterocycles. The van der Waals surface area contributed by atoms with E-state index in [1.807, 2.05) is 18.3 Å². The Labute approximate surface area is 140 Å². The van der Waals surface area contributed by atoms with Gasteiger partial charge in [-0.15, -0.1) is 0 Å². The van der Waals surface area contributed by atoms with Crippen LogP contribution in [0.1, 0.15) is 18.9 Å². The molecule has 24 heavy (non-hydrogen) atoms. The SMILES string of the molecule is CCOC(=O)CNC(=O)N1CC=C(c2c[nH]c3ccccc23)CC1. The van der Waals surface area contributed by atoms with Gasteiger partial charge in [-0.05, 0) is 25.0 Å². The number of urea groups is 1. The van der Waals surface area contributed by atoms with Crippen molar-refractivity contribution in [2.75, 3.05) is 26.2 Å². The van der Waals surface area contributed by atoms with Crippen molar-refractivity contribution in [2.24, 2.45) is 0 Å². The summed E-state index contributed by atoms with van der Waals surface area (Å²) in [5.74, 6) is -0.419. The Hall–Kier alpha value is -2.76. The molecule has 1 aliphatic rings. The molecule has 2 aromatic rings. The first-order valence-corrected chi connectivity index (χ1v) is 8.13. The van der Waals surface area contributed by atoms with Crippen LogP contribution in [0, 0.1) is 0 Å². The summed E-state index contributed by atoms with van der Waals surface area (Å²) in [6, 6.07) is 7.95. The average Bonchev–Trinajstić information content (AvgIpc) is 3.04. The zero-order chi connectivity index (χ0) is 16.9. The third-order valence-electron chi connectivity index (χ3n) is 4.12. The number of ether oxygens (including phenoxy) is 1. The van der Waals surface area contributed by atoms with Crippen molar-refractivity contribution in [1.82, 2.24) is 15.2 Å². The Morgan fingerprint density at radius 3 is 2.92 bits per heavy atom. The molecular weight excluding hydrogens is 306 g/mol. The zero-order valence-electron chi connectivity index (χ0n) is 13.7. The highest BCUT2D eigenvalue weighted by molar-refractivity contribution is 5.93. The maximum atomic E-state index is 12.1. The molecular formula is C18H21N3O3. The lowest BCUT2D eigenvalue weighted by Gasteiger charge is -2.26. The van der Waals surface area contributed by atoms with Gasteiger partial charge in [-0.2, -0.15) is 0 Å². The number of fused-ring (bicyclic) bond motifs is 1. The van der Waals surface area contributed by atoms with Crippen LogP contribution in [0.3, 0.4) is 0 Å². The molecule has 0 radical (unpaired) electrons. The number of carbonyl (C=O) groups excluding carboxylic acids is 2. The van der Waals surface area contributed by atoms with Gasteiger partial charge in [-0.25, -0.2) is 4.79 Å². The van der Waals surface area contributed by atoms with Crippen LogP contribution in [0.5, 0.6) is 0 Å². The number of carbonyl (C=O) groups is 2. The van der Waals surface area contributed by atoms with Crippen LogP contribution in [0.2, 0.25) is 0 Å². The highest BCUT2D eigenvalue weighted by Crippen LogP contribution is 2.28. The Morgan fingerprint density at radius 2 is 2.17 bits per heavy atom. The van der Waals surface area contributed by atoms with Gasteiger partial charge >= 0.3 is 12.0 Å².